The molecule has 1 aromatic rings. The molecule has 108 valence electrons. The molecule has 1 heterocycles. The number of nitrogens with two attached hydrogens (primary N) is 1. The molecule has 0 aromatic carbocycles. The van der Waals surface area contributed by atoms with Gasteiger partial charge in [-0.3, -0.25) is 4.68 Å². The minimum Gasteiger partial charge on any atom is -0.330 e. The molecule has 0 bridgehead atoms. The first kappa shape index (κ1) is 14.6. The van der Waals surface area contributed by atoms with E-state index in [2.05, 4.69) is 37.7 Å². The van der Waals surface area contributed by atoms with Gasteiger partial charge in [0.15, 0.2) is 0 Å². The van der Waals surface area contributed by atoms with E-state index in [9.17, 15) is 0 Å². The number of nitrogens with zero attached hydrogens (tertiary/aromatic N) is 2. The molecule has 1 fully saturated rings. The Hall–Kier alpha value is -0.830. The molecule has 2 unspecified atom stereocenters. The minimum absolute atomic E-state index is 0.312. The molecule has 0 aliphatic heterocycles. The van der Waals surface area contributed by atoms with Gasteiger partial charge in [0.25, 0.3) is 0 Å². The summed E-state index contributed by atoms with van der Waals surface area (Å²) in [4.78, 5) is 0. The highest BCUT2D eigenvalue weighted by atomic mass is 15.3. The average molecular weight is 263 g/mol. The van der Waals surface area contributed by atoms with Crippen LogP contribution in [0.4, 0.5) is 0 Å². The summed E-state index contributed by atoms with van der Waals surface area (Å²) in [6.07, 6.45) is 9.36. The Morgan fingerprint density at radius 3 is 2.74 bits per heavy atom. The zero-order valence-corrected chi connectivity index (χ0v) is 12.7. The van der Waals surface area contributed by atoms with E-state index < -0.39 is 0 Å². The first-order valence-corrected chi connectivity index (χ1v) is 7.86. The third-order valence-electron chi connectivity index (χ3n) is 4.92. The molecule has 1 aliphatic carbocycles. The Balaban J connectivity index is 2.07. The summed E-state index contributed by atoms with van der Waals surface area (Å²) in [7, 11) is 0. The standard InChI is InChI=1S/C16H29N3/c1-4-15(5-2)19-9-7-14(18-19)11-16(12-17)8-6-13(3)10-16/h7,9,13,15H,4-6,8,10-12,17H2,1-3H3. The van der Waals surface area contributed by atoms with Gasteiger partial charge in [0, 0.05) is 6.20 Å². The zero-order valence-electron chi connectivity index (χ0n) is 12.7. The summed E-state index contributed by atoms with van der Waals surface area (Å²) >= 11 is 0. The van der Waals surface area contributed by atoms with Gasteiger partial charge in [0.05, 0.1) is 11.7 Å². The third kappa shape index (κ3) is 3.19. The molecule has 2 atom stereocenters. The van der Waals surface area contributed by atoms with Gasteiger partial charge >= 0.3 is 0 Å². The lowest BCUT2D eigenvalue weighted by molar-refractivity contribution is 0.290. The van der Waals surface area contributed by atoms with Crippen LogP contribution in [0.1, 0.15) is 64.6 Å². The summed E-state index contributed by atoms with van der Waals surface area (Å²) in [5.74, 6) is 0.824. The predicted octanol–water partition coefficient (Wildman–Crippen LogP) is 3.55. The number of hydrogen-bond donors (Lipinski definition) is 1. The van der Waals surface area contributed by atoms with Gasteiger partial charge in [0.1, 0.15) is 0 Å². The van der Waals surface area contributed by atoms with Crippen molar-refractivity contribution < 1.29 is 0 Å². The van der Waals surface area contributed by atoms with Crippen LogP contribution in [0.15, 0.2) is 12.3 Å². The smallest absolute Gasteiger partial charge is 0.0630 e. The Bertz CT molecular complexity index is 394. The molecule has 1 aliphatic rings. The second-order valence-corrected chi connectivity index (χ2v) is 6.49. The normalized spacial score (nSPS) is 27.3. The molecule has 2 N–H and O–H groups in total. The Labute approximate surface area is 117 Å². The van der Waals surface area contributed by atoms with E-state index in [0.717, 1.165) is 31.7 Å². The van der Waals surface area contributed by atoms with E-state index in [1.807, 2.05) is 0 Å². The first-order valence-electron chi connectivity index (χ1n) is 7.86. The molecule has 0 amide bonds. The lowest BCUT2D eigenvalue weighted by Gasteiger charge is -2.26. The van der Waals surface area contributed by atoms with Crippen molar-refractivity contribution >= 4 is 0 Å². The van der Waals surface area contributed by atoms with E-state index >= 15 is 0 Å². The zero-order chi connectivity index (χ0) is 13.9. The fraction of sp³-hybridized carbons (Fsp3) is 0.812. The van der Waals surface area contributed by atoms with E-state index in [-0.39, 0.29) is 0 Å². The predicted molar refractivity (Wildman–Crippen MR) is 80.1 cm³/mol. The highest BCUT2D eigenvalue weighted by Crippen LogP contribution is 2.43. The van der Waals surface area contributed by atoms with Gasteiger partial charge in [-0.1, -0.05) is 27.2 Å². The maximum absolute atomic E-state index is 6.06. The fourth-order valence-corrected chi connectivity index (χ4v) is 3.64. The van der Waals surface area contributed by atoms with Crippen LogP contribution >= 0.6 is 0 Å². The lowest BCUT2D eigenvalue weighted by Crippen LogP contribution is -2.30. The highest BCUT2D eigenvalue weighted by Gasteiger charge is 2.36. The molecule has 1 saturated carbocycles. The van der Waals surface area contributed by atoms with Crippen molar-refractivity contribution in [2.45, 2.75) is 65.3 Å². The van der Waals surface area contributed by atoms with Gasteiger partial charge in [-0.2, -0.15) is 5.10 Å². The molecule has 2 rings (SSSR count). The average Bonchev–Trinajstić information content (AvgIpc) is 3.00. The summed E-state index contributed by atoms with van der Waals surface area (Å²) in [5, 5.41) is 4.79. The second-order valence-electron chi connectivity index (χ2n) is 6.49. The van der Waals surface area contributed by atoms with Crippen molar-refractivity contribution in [3.05, 3.63) is 18.0 Å². The van der Waals surface area contributed by atoms with Gasteiger partial charge < -0.3 is 5.73 Å². The van der Waals surface area contributed by atoms with Crippen LogP contribution in [0.25, 0.3) is 0 Å². The summed E-state index contributed by atoms with van der Waals surface area (Å²) in [6.45, 7) is 7.61. The van der Waals surface area contributed by atoms with Crippen LogP contribution < -0.4 is 5.73 Å². The van der Waals surface area contributed by atoms with Crippen molar-refractivity contribution in [1.82, 2.24) is 9.78 Å². The molecule has 19 heavy (non-hydrogen) atoms. The van der Waals surface area contributed by atoms with Gasteiger partial charge in [-0.25, -0.2) is 0 Å². The van der Waals surface area contributed by atoms with Crippen LogP contribution in [0.5, 0.6) is 0 Å². The molecular formula is C16H29N3. The van der Waals surface area contributed by atoms with Crippen molar-refractivity contribution in [2.24, 2.45) is 17.1 Å². The Morgan fingerprint density at radius 1 is 1.47 bits per heavy atom. The SMILES string of the molecule is CCC(CC)n1ccc(CC2(CN)CCC(C)C2)n1. The maximum atomic E-state index is 6.06. The molecule has 1 aromatic heterocycles. The largest absolute Gasteiger partial charge is 0.330 e. The number of rotatable bonds is 6. The Kier molecular flexibility index (Phi) is 4.67. The molecule has 3 heteroatoms. The van der Waals surface area contributed by atoms with Crippen molar-refractivity contribution in [1.29, 1.82) is 0 Å². The van der Waals surface area contributed by atoms with E-state index in [0.29, 0.717) is 11.5 Å². The summed E-state index contributed by atoms with van der Waals surface area (Å²) < 4.78 is 2.15. The van der Waals surface area contributed by atoms with Crippen molar-refractivity contribution in [3.8, 4) is 0 Å². The molecule has 0 radical (unpaired) electrons. The first-order chi connectivity index (χ1) is 9.12. The van der Waals surface area contributed by atoms with Gasteiger partial charge in [0.2, 0.25) is 0 Å². The Morgan fingerprint density at radius 2 is 2.21 bits per heavy atom. The van der Waals surface area contributed by atoms with Crippen LogP contribution in [0.2, 0.25) is 0 Å². The third-order valence-corrected chi connectivity index (χ3v) is 4.92. The van der Waals surface area contributed by atoms with Crippen LogP contribution in [-0.4, -0.2) is 16.3 Å². The monoisotopic (exact) mass is 263 g/mol. The highest BCUT2D eigenvalue weighted by molar-refractivity contribution is 5.06. The van der Waals surface area contributed by atoms with Crippen LogP contribution in [-0.2, 0) is 6.42 Å². The fourth-order valence-electron chi connectivity index (χ4n) is 3.64. The molecule has 3 nitrogen and oxygen atoms in total. The van der Waals surface area contributed by atoms with E-state index in [4.69, 9.17) is 10.8 Å². The minimum atomic E-state index is 0.312. The van der Waals surface area contributed by atoms with Gasteiger partial charge in [-0.05, 0) is 56.0 Å². The van der Waals surface area contributed by atoms with Crippen LogP contribution in [0, 0.1) is 11.3 Å². The van der Waals surface area contributed by atoms with E-state index in [1.165, 1.54) is 25.0 Å². The topological polar surface area (TPSA) is 43.8 Å². The van der Waals surface area contributed by atoms with Crippen LogP contribution in [0.3, 0.4) is 0 Å². The van der Waals surface area contributed by atoms with Gasteiger partial charge in [-0.15, -0.1) is 0 Å². The summed E-state index contributed by atoms with van der Waals surface area (Å²) in [5.41, 5.74) is 7.60. The number of hydrogen-bond acceptors (Lipinski definition) is 2. The van der Waals surface area contributed by atoms with Crippen molar-refractivity contribution in [2.75, 3.05) is 6.54 Å². The maximum Gasteiger partial charge on any atom is 0.0630 e. The van der Waals surface area contributed by atoms with E-state index in [1.54, 1.807) is 0 Å². The quantitative estimate of drug-likeness (QED) is 0.853. The molecular weight excluding hydrogens is 234 g/mol. The lowest BCUT2D eigenvalue weighted by atomic mass is 9.81. The molecule has 0 spiro atoms. The second kappa shape index (κ2) is 6.08. The molecule has 0 saturated heterocycles. The number of aromatic nitrogens is 2. The van der Waals surface area contributed by atoms with Crippen molar-refractivity contribution in [3.63, 3.8) is 0 Å². The summed E-state index contributed by atoms with van der Waals surface area (Å²) in [6, 6.07) is 2.74.